The Morgan fingerprint density at radius 3 is 2.68 bits per heavy atom. The minimum Gasteiger partial charge on any atom is -0.480 e. The first-order valence-corrected chi connectivity index (χ1v) is 6.99. The summed E-state index contributed by atoms with van der Waals surface area (Å²) in [5, 5.41) is 2.86. The second-order valence-corrected chi connectivity index (χ2v) is 5.24. The van der Waals surface area contributed by atoms with E-state index >= 15 is 0 Å². The molecule has 1 aromatic rings. The van der Waals surface area contributed by atoms with Crippen molar-refractivity contribution >= 4 is 28.1 Å². The topological polar surface area (TPSA) is 55.4 Å². The highest BCUT2D eigenvalue weighted by Gasteiger charge is 2.17. The summed E-state index contributed by atoms with van der Waals surface area (Å²) >= 11 is 3.31. The monoisotopic (exact) mass is 327 g/mol. The third-order valence-electron chi connectivity index (χ3n) is 2.77. The highest BCUT2D eigenvalue weighted by molar-refractivity contribution is 9.10. The quantitative estimate of drug-likeness (QED) is 0.817. The zero-order valence-electron chi connectivity index (χ0n) is 11.3. The zero-order valence-corrected chi connectivity index (χ0v) is 12.9. The number of hydrogen-bond donors (Lipinski definition) is 1. The molecular formula is C14H18BrNO3. The highest BCUT2D eigenvalue weighted by Crippen LogP contribution is 2.26. The van der Waals surface area contributed by atoms with Crippen molar-refractivity contribution < 1.29 is 14.3 Å². The van der Waals surface area contributed by atoms with Crippen LogP contribution < -0.4 is 10.1 Å². The summed E-state index contributed by atoms with van der Waals surface area (Å²) < 4.78 is 6.23. The molecule has 0 spiro atoms. The lowest BCUT2D eigenvalue weighted by atomic mass is 10.2. The van der Waals surface area contributed by atoms with E-state index in [-0.39, 0.29) is 11.9 Å². The van der Waals surface area contributed by atoms with Gasteiger partial charge in [-0.3, -0.25) is 9.59 Å². The molecule has 0 heterocycles. The van der Waals surface area contributed by atoms with E-state index in [1.165, 1.54) is 0 Å². The molecule has 1 rings (SSSR count). The van der Waals surface area contributed by atoms with Crippen LogP contribution >= 0.6 is 15.9 Å². The fourth-order valence-corrected chi connectivity index (χ4v) is 1.88. The molecule has 5 heteroatoms. The first-order valence-electron chi connectivity index (χ1n) is 6.19. The molecule has 0 bridgehead atoms. The van der Waals surface area contributed by atoms with E-state index in [1.807, 2.05) is 13.8 Å². The molecule has 0 saturated carbocycles. The van der Waals surface area contributed by atoms with Crippen molar-refractivity contribution in [3.05, 3.63) is 28.2 Å². The average Bonchev–Trinajstić information content (AvgIpc) is 2.40. The Bertz CT molecular complexity index is 462. The number of aldehydes is 1. The van der Waals surface area contributed by atoms with Crippen LogP contribution in [0.25, 0.3) is 0 Å². The summed E-state index contributed by atoms with van der Waals surface area (Å²) in [4.78, 5) is 22.5. The van der Waals surface area contributed by atoms with Crippen LogP contribution in [0.1, 0.15) is 37.6 Å². The number of halogens is 1. The van der Waals surface area contributed by atoms with Crippen LogP contribution in [0.5, 0.6) is 5.75 Å². The van der Waals surface area contributed by atoms with Crippen molar-refractivity contribution in [3.63, 3.8) is 0 Å². The fraction of sp³-hybridized carbons (Fsp3) is 0.429. The largest absolute Gasteiger partial charge is 0.480 e. The second kappa shape index (κ2) is 7.28. The molecule has 0 saturated heterocycles. The van der Waals surface area contributed by atoms with Crippen LogP contribution in [-0.4, -0.2) is 24.3 Å². The Morgan fingerprint density at radius 2 is 2.16 bits per heavy atom. The van der Waals surface area contributed by atoms with Crippen LogP contribution in [-0.2, 0) is 4.79 Å². The highest BCUT2D eigenvalue weighted by atomic mass is 79.9. The molecule has 0 fully saturated rings. The van der Waals surface area contributed by atoms with Gasteiger partial charge in [-0.2, -0.15) is 0 Å². The minimum absolute atomic E-state index is 0.124. The molecule has 0 radical (unpaired) electrons. The summed E-state index contributed by atoms with van der Waals surface area (Å²) in [5.41, 5.74) is 0.552. The van der Waals surface area contributed by atoms with Crippen LogP contribution in [0.15, 0.2) is 22.7 Å². The van der Waals surface area contributed by atoms with E-state index in [0.717, 1.165) is 12.7 Å². The molecule has 2 atom stereocenters. The lowest BCUT2D eigenvalue weighted by molar-refractivity contribution is -0.127. The van der Waals surface area contributed by atoms with Gasteiger partial charge >= 0.3 is 0 Å². The fourth-order valence-electron chi connectivity index (χ4n) is 1.39. The van der Waals surface area contributed by atoms with E-state index in [4.69, 9.17) is 4.74 Å². The first-order chi connectivity index (χ1) is 8.97. The molecule has 1 aromatic carbocycles. The Kier molecular flexibility index (Phi) is 6.02. The Morgan fingerprint density at radius 1 is 1.47 bits per heavy atom. The van der Waals surface area contributed by atoms with Crippen molar-refractivity contribution in [1.29, 1.82) is 0 Å². The number of hydrogen-bond acceptors (Lipinski definition) is 3. The number of ether oxygens (including phenoxy) is 1. The van der Waals surface area contributed by atoms with Crippen molar-refractivity contribution in [2.24, 2.45) is 0 Å². The van der Waals surface area contributed by atoms with E-state index in [2.05, 4.69) is 21.2 Å². The average molecular weight is 328 g/mol. The molecule has 0 aliphatic heterocycles. The number of nitrogens with one attached hydrogen (secondary N) is 1. The number of carbonyl (C=O) groups is 2. The maximum absolute atomic E-state index is 11.8. The predicted molar refractivity (Wildman–Crippen MR) is 77.5 cm³/mol. The van der Waals surface area contributed by atoms with Gasteiger partial charge in [-0.15, -0.1) is 0 Å². The predicted octanol–water partition coefficient (Wildman–Crippen LogP) is 2.94. The summed E-state index contributed by atoms with van der Waals surface area (Å²) in [6.07, 6.45) is 1.04. The van der Waals surface area contributed by atoms with Gasteiger partial charge in [0.25, 0.3) is 5.91 Å². The van der Waals surface area contributed by atoms with Crippen LogP contribution in [0.4, 0.5) is 0 Å². The van der Waals surface area contributed by atoms with E-state index in [0.29, 0.717) is 15.8 Å². The van der Waals surface area contributed by atoms with Crippen molar-refractivity contribution in [1.82, 2.24) is 5.32 Å². The van der Waals surface area contributed by atoms with Gasteiger partial charge in [0.2, 0.25) is 0 Å². The van der Waals surface area contributed by atoms with Crippen molar-refractivity contribution in [3.8, 4) is 5.75 Å². The normalized spacial score (nSPS) is 13.5. The van der Waals surface area contributed by atoms with Gasteiger partial charge in [0, 0.05) is 11.6 Å². The Labute approximate surface area is 121 Å². The van der Waals surface area contributed by atoms with Gasteiger partial charge in [-0.05, 0) is 54.4 Å². The second-order valence-electron chi connectivity index (χ2n) is 4.39. The summed E-state index contributed by atoms with van der Waals surface area (Å²) in [6, 6.07) is 5.09. The molecule has 1 N–H and O–H groups in total. The van der Waals surface area contributed by atoms with Gasteiger partial charge in [-0.1, -0.05) is 6.92 Å². The Hall–Kier alpha value is -1.36. The van der Waals surface area contributed by atoms with E-state index < -0.39 is 6.10 Å². The lowest BCUT2D eigenvalue weighted by Crippen LogP contribution is -2.41. The van der Waals surface area contributed by atoms with Crippen LogP contribution in [0.2, 0.25) is 0 Å². The van der Waals surface area contributed by atoms with Crippen molar-refractivity contribution in [2.75, 3.05) is 0 Å². The number of carbonyl (C=O) groups excluding carboxylic acids is 2. The number of benzene rings is 1. The molecule has 0 aliphatic rings. The Balaban J connectivity index is 2.68. The number of amides is 1. The van der Waals surface area contributed by atoms with Crippen molar-refractivity contribution in [2.45, 2.75) is 39.3 Å². The minimum atomic E-state index is -0.590. The summed E-state index contributed by atoms with van der Waals surface area (Å²) in [5.74, 6) is 0.387. The van der Waals surface area contributed by atoms with Crippen LogP contribution in [0, 0.1) is 0 Å². The van der Waals surface area contributed by atoms with E-state index in [1.54, 1.807) is 25.1 Å². The molecule has 1 amide bonds. The first kappa shape index (κ1) is 15.7. The maximum Gasteiger partial charge on any atom is 0.260 e. The van der Waals surface area contributed by atoms with Crippen LogP contribution in [0.3, 0.4) is 0 Å². The van der Waals surface area contributed by atoms with Gasteiger partial charge in [0.15, 0.2) is 6.10 Å². The van der Waals surface area contributed by atoms with Gasteiger partial charge < -0.3 is 10.1 Å². The summed E-state index contributed by atoms with van der Waals surface area (Å²) in [7, 11) is 0. The number of rotatable bonds is 6. The SMILES string of the molecule is CCC(C)NC(=O)C(C)Oc1ccc(C=O)cc1Br. The maximum atomic E-state index is 11.8. The molecule has 4 nitrogen and oxygen atoms in total. The molecular weight excluding hydrogens is 310 g/mol. The third kappa shape index (κ3) is 4.67. The van der Waals surface area contributed by atoms with E-state index in [9.17, 15) is 9.59 Å². The standard InChI is InChI=1S/C14H18BrNO3/c1-4-9(2)16-14(18)10(3)19-13-6-5-11(8-17)7-12(13)15/h5-10H,4H2,1-3H3,(H,16,18). The molecule has 104 valence electrons. The molecule has 19 heavy (non-hydrogen) atoms. The zero-order chi connectivity index (χ0) is 14.4. The van der Waals surface area contributed by atoms with Gasteiger partial charge in [0.1, 0.15) is 12.0 Å². The third-order valence-corrected chi connectivity index (χ3v) is 3.39. The molecule has 0 aliphatic carbocycles. The van der Waals surface area contributed by atoms with Gasteiger partial charge in [-0.25, -0.2) is 0 Å². The lowest BCUT2D eigenvalue weighted by Gasteiger charge is -2.18. The molecule has 2 unspecified atom stereocenters. The summed E-state index contributed by atoms with van der Waals surface area (Å²) in [6.45, 7) is 5.64. The van der Waals surface area contributed by atoms with Gasteiger partial charge in [0.05, 0.1) is 4.47 Å². The smallest absolute Gasteiger partial charge is 0.260 e. The molecule has 0 aromatic heterocycles.